The minimum absolute atomic E-state index is 0.278. The average Bonchev–Trinajstić information content (AvgIpc) is 2.02. The van der Waals surface area contributed by atoms with Crippen LogP contribution in [0.2, 0.25) is 0 Å². The van der Waals surface area contributed by atoms with Gasteiger partial charge in [-0.05, 0) is 0 Å². The van der Waals surface area contributed by atoms with Crippen LogP contribution in [-0.4, -0.2) is 39.8 Å². The summed E-state index contributed by atoms with van der Waals surface area (Å²) in [6, 6.07) is 0. The Morgan fingerprint density at radius 2 is 1.08 bits per heavy atom. The lowest BCUT2D eigenvalue weighted by atomic mass is 10.3. The molecule has 0 unspecified atom stereocenters. The normalized spacial score (nSPS) is 8.08. The minimum Gasteiger partial charge on any atom is -0.481 e. The third-order valence-corrected chi connectivity index (χ3v) is 0.727. The molecular weight excluding hydrogens is 182 g/mol. The van der Waals surface area contributed by atoms with E-state index in [0.717, 1.165) is 0 Å². The maximum absolute atomic E-state index is 9.64. The molecule has 0 aliphatic rings. The van der Waals surface area contributed by atoms with E-state index in [2.05, 4.69) is 5.73 Å². The summed E-state index contributed by atoms with van der Waals surface area (Å²) >= 11 is 0. The molecule has 0 bridgehead atoms. The number of nitrogens with two attached hydrogens (primary N) is 1. The second-order valence-electron chi connectivity index (χ2n) is 1.89. The summed E-state index contributed by atoms with van der Waals surface area (Å²) in [7, 11) is 0. The fourth-order valence-electron chi connectivity index (χ4n) is 0.214. The van der Waals surface area contributed by atoms with Gasteiger partial charge in [-0.1, -0.05) is 0 Å². The fraction of sp³-hybridized carbons (Fsp3) is 0.500. The molecule has 0 amide bonds. The molecule has 0 atom stereocenters. The molecule has 0 rings (SSSR count). The molecular formula is C6H11NO6. The van der Waals surface area contributed by atoms with Gasteiger partial charge in [-0.25, -0.2) is 0 Å². The predicted octanol–water partition coefficient (Wildman–Crippen LogP) is -1.03. The molecule has 0 aliphatic heterocycles. The third-order valence-electron chi connectivity index (χ3n) is 0.727. The van der Waals surface area contributed by atoms with Gasteiger partial charge in [0.25, 0.3) is 0 Å². The van der Waals surface area contributed by atoms with Gasteiger partial charge in [0.05, 0.1) is 19.4 Å². The summed E-state index contributed by atoms with van der Waals surface area (Å²) in [6.45, 7) is -0.278. The van der Waals surface area contributed by atoms with E-state index < -0.39 is 17.9 Å². The first-order chi connectivity index (χ1) is 5.90. The van der Waals surface area contributed by atoms with Crippen LogP contribution in [0.1, 0.15) is 12.8 Å². The highest BCUT2D eigenvalue weighted by atomic mass is 16.4. The third kappa shape index (κ3) is 25.2. The topological polar surface area (TPSA) is 138 Å². The highest BCUT2D eigenvalue weighted by Crippen LogP contribution is 1.86. The SMILES string of the molecule is NCC(=O)O.O=C(O)CCC(=O)O. The quantitative estimate of drug-likeness (QED) is 0.447. The molecule has 7 nitrogen and oxygen atoms in total. The van der Waals surface area contributed by atoms with Gasteiger partial charge in [-0.2, -0.15) is 0 Å². The van der Waals surface area contributed by atoms with Gasteiger partial charge < -0.3 is 21.1 Å². The first kappa shape index (κ1) is 13.9. The molecule has 13 heavy (non-hydrogen) atoms. The van der Waals surface area contributed by atoms with E-state index in [1.807, 2.05) is 0 Å². The van der Waals surface area contributed by atoms with Gasteiger partial charge in [-0.3, -0.25) is 14.4 Å². The molecule has 0 spiro atoms. The molecule has 0 radical (unpaired) electrons. The molecule has 0 aromatic rings. The van der Waals surface area contributed by atoms with Crippen molar-refractivity contribution in [3.8, 4) is 0 Å². The van der Waals surface area contributed by atoms with Crippen LogP contribution < -0.4 is 5.73 Å². The van der Waals surface area contributed by atoms with Crippen molar-refractivity contribution in [3.05, 3.63) is 0 Å². The van der Waals surface area contributed by atoms with E-state index in [-0.39, 0.29) is 19.4 Å². The Balaban J connectivity index is 0. The highest BCUT2D eigenvalue weighted by Gasteiger charge is 2.00. The van der Waals surface area contributed by atoms with Gasteiger partial charge in [0, 0.05) is 0 Å². The van der Waals surface area contributed by atoms with Gasteiger partial charge in [0.15, 0.2) is 0 Å². The Labute approximate surface area is 73.8 Å². The van der Waals surface area contributed by atoms with Crippen LogP contribution in [0.4, 0.5) is 0 Å². The lowest BCUT2D eigenvalue weighted by Crippen LogP contribution is -2.10. The van der Waals surface area contributed by atoms with Crippen LogP contribution >= 0.6 is 0 Å². The first-order valence-corrected chi connectivity index (χ1v) is 3.25. The van der Waals surface area contributed by atoms with E-state index in [9.17, 15) is 14.4 Å². The average molecular weight is 193 g/mol. The number of carboxylic acids is 3. The van der Waals surface area contributed by atoms with E-state index in [1.165, 1.54) is 0 Å². The number of aliphatic carboxylic acids is 3. The van der Waals surface area contributed by atoms with Crippen LogP contribution in [-0.2, 0) is 14.4 Å². The summed E-state index contributed by atoms with van der Waals surface area (Å²) in [6.07, 6.45) is -0.593. The van der Waals surface area contributed by atoms with E-state index >= 15 is 0 Å². The van der Waals surface area contributed by atoms with Crippen molar-refractivity contribution in [2.24, 2.45) is 5.73 Å². The maximum atomic E-state index is 9.64. The molecule has 0 aromatic heterocycles. The fourth-order valence-corrected chi connectivity index (χ4v) is 0.214. The smallest absolute Gasteiger partial charge is 0.317 e. The van der Waals surface area contributed by atoms with Crippen molar-refractivity contribution in [2.45, 2.75) is 12.8 Å². The van der Waals surface area contributed by atoms with Crippen LogP contribution in [0, 0.1) is 0 Å². The van der Waals surface area contributed by atoms with Crippen LogP contribution in [0.25, 0.3) is 0 Å². The summed E-state index contributed by atoms with van der Waals surface area (Å²) in [5, 5.41) is 23.4. The molecule has 0 aromatic carbocycles. The Kier molecular flexibility index (Phi) is 9.07. The molecule has 0 heterocycles. The van der Waals surface area contributed by atoms with Gasteiger partial charge in [0.1, 0.15) is 0 Å². The molecule has 7 heteroatoms. The van der Waals surface area contributed by atoms with E-state index in [0.29, 0.717) is 0 Å². The standard InChI is InChI=1S/C4H6O4.C2H5NO2/c5-3(6)1-2-4(7)8;3-1-2(4)5/h1-2H2,(H,5,6)(H,7,8);1,3H2,(H,4,5). The zero-order chi connectivity index (χ0) is 10.9. The largest absolute Gasteiger partial charge is 0.481 e. The summed E-state index contributed by atoms with van der Waals surface area (Å²) in [4.78, 5) is 28.5. The zero-order valence-corrected chi connectivity index (χ0v) is 6.77. The molecule has 0 saturated carbocycles. The Hall–Kier alpha value is -1.63. The van der Waals surface area contributed by atoms with Gasteiger partial charge in [0.2, 0.25) is 0 Å². The van der Waals surface area contributed by atoms with Crippen molar-refractivity contribution in [1.29, 1.82) is 0 Å². The summed E-state index contributed by atoms with van der Waals surface area (Å²) in [5.41, 5.74) is 4.57. The number of hydrogen-bond acceptors (Lipinski definition) is 4. The van der Waals surface area contributed by atoms with E-state index in [4.69, 9.17) is 15.3 Å². The zero-order valence-electron chi connectivity index (χ0n) is 6.77. The number of rotatable bonds is 4. The Morgan fingerprint density at radius 3 is 1.15 bits per heavy atom. The Bertz CT molecular complexity index is 176. The summed E-state index contributed by atoms with van der Waals surface area (Å²) in [5.74, 6) is -3.12. The lowest BCUT2D eigenvalue weighted by Gasteiger charge is -1.85. The lowest BCUT2D eigenvalue weighted by molar-refractivity contribution is -0.143. The monoisotopic (exact) mass is 193 g/mol. The first-order valence-electron chi connectivity index (χ1n) is 3.25. The van der Waals surface area contributed by atoms with Crippen LogP contribution in [0.5, 0.6) is 0 Å². The van der Waals surface area contributed by atoms with Crippen molar-refractivity contribution in [2.75, 3.05) is 6.54 Å². The number of hydrogen-bond donors (Lipinski definition) is 4. The second kappa shape index (κ2) is 8.47. The maximum Gasteiger partial charge on any atom is 0.317 e. The van der Waals surface area contributed by atoms with Crippen LogP contribution in [0.3, 0.4) is 0 Å². The predicted molar refractivity (Wildman–Crippen MR) is 41.2 cm³/mol. The molecule has 0 fully saturated rings. The second-order valence-corrected chi connectivity index (χ2v) is 1.89. The number of carboxylic acid groups (broad SMARTS) is 3. The summed E-state index contributed by atoms with van der Waals surface area (Å²) < 4.78 is 0. The number of carbonyl (C=O) groups is 3. The molecule has 0 aliphatic carbocycles. The molecule has 5 N–H and O–H groups in total. The van der Waals surface area contributed by atoms with Gasteiger partial charge in [-0.15, -0.1) is 0 Å². The highest BCUT2D eigenvalue weighted by molar-refractivity contribution is 5.75. The Morgan fingerprint density at radius 1 is 0.846 bits per heavy atom. The van der Waals surface area contributed by atoms with Crippen molar-refractivity contribution < 1.29 is 29.7 Å². The van der Waals surface area contributed by atoms with Crippen molar-refractivity contribution in [1.82, 2.24) is 0 Å². The van der Waals surface area contributed by atoms with Crippen molar-refractivity contribution in [3.63, 3.8) is 0 Å². The van der Waals surface area contributed by atoms with Crippen molar-refractivity contribution >= 4 is 17.9 Å². The van der Waals surface area contributed by atoms with E-state index in [1.54, 1.807) is 0 Å². The minimum atomic E-state index is -1.08. The van der Waals surface area contributed by atoms with Gasteiger partial charge >= 0.3 is 17.9 Å². The van der Waals surface area contributed by atoms with Crippen LogP contribution in [0.15, 0.2) is 0 Å². The molecule has 0 saturated heterocycles. The molecule has 76 valence electrons.